The van der Waals surface area contributed by atoms with Crippen LogP contribution in [0.15, 0.2) is 16.3 Å². The lowest BCUT2D eigenvalue weighted by Crippen LogP contribution is -2.32. The van der Waals surface area contributed by atoms with Crippen LogP contribution in [0.5, 0.6) is 0 Å². The summed E-state index contributed by atoms with van der Waals surface area (Å²) in [7, 11) is 1.63. The van der Waals surface area contributed by atoms with Gasteiger partial charge in [0.25, 0.3) is 9.05 Å². The molecule has 21 heavy (non-hydrogen) atoms. The number of rotatable bonds is 9. The Kier molecular flexibility index (Phi) is 7.70. The van der Waals surface area contributed by atoms with E-state index in [2.05, 4.69) is 19.2 Å². The van der Waals surface area contributed by atoms with Crippen molar-refractivity contribution in [1.29, 1.82) is 0 Å². The largest absolute Gasteiger partial charge is 0.356 e. The van der Waals surface area contributed by atoms with Gasteiger partial charge in [0.1, 0.15) is 4.21 Å². The third kappa shape index (κ3) is 6.36. The van der Waals surface area contributed by atoms with Crippen LogP contribution in [-0.2, 0) is 20.3 Å². The molecule has 1 aromatic heterocycles. The highest BCUT2D eigenvalue weighted by Crippen LogP contribution is 2.24. The first kappa shape index (κ1) is 18.5. The van der Waals surface area contributed by atoms with Crippen molar-refractivity contribution in [3.8, 4) is 0 Å². The number of nitrogens with one attached hydrogen (secondary N) is 1. The zero-order valence-electron chi connectivity index (χ0n) is 12.4. The van der Waals surface area contributed by atoms with Gasteiger partial charge in [-0.05, 0) is 31.4 Å². The molecule has 0 unspecified atom stereocenters. The van der Waals surface area contributed by atoms with E-state index in [4.69, 9.17) is 10.7 Å². The number of carbonyl (C=O) groups is 1. The topological polar surface area (TPSA) is 63.2 Å². The van der Waals surface area contributed by atoms with Crippen molar-refractivity contribution >= 4 is 37.0 Å². The molecule has 1 N–H and O–H groups in total. The molecule has 1 rings (SSSR count). The van der Waals surface area contributed by atoms with Gasteiger partial charge < -0.3 is 5.32 Å². The van der Waals surface area contributed by atoms with E-state index in [0.717, 1.165) is 41.9 Å². The van der Waals surface area contributed by atoms with E-state index in [1.165, 1.54) is 6.07 Å². The second-order valence-corrected chi connectivity index (χ2v) is 8.94. The fourth-order valence-corrected chi connectivity index (χ4v) is 4.30. The first-order valence-corrected chi connectivity index (χ1v) is 10.3. The van der Waals surface area contributed by atoms with Crippen LogP contribution in [0.3, 0.4) is 0 Å². The number of carbonyl (C=O) groups excluding carboxylic acids is 1. The number of halogens is 1. The molecule has 0 saturated carbocycles. The minimum Gasteiger partial charge on any atom is -0.356 e. The molecular formula is C14H22ClNO3S2. The predicted molar refractivity (Wildman–Crippen MR) is 87.4 cm³/mol. The Labute approximate surface area is 135 Å². The molecule has 7 heteroatoms. The summed E-state index contributed by atoms with van der Waals surface area (Å²) in [5, 5.41) is 2.93. The van der Waals surface area contributed by atoms with Gasteiger partial charge in [-0.1, -0.05) is 26.7 Å². The molecule has 0 bridgehead atoms. The summed E-state index contributed by atoms with van der Waals surface area (Å²) >= 11 is 1.15. The van der Waals surface area contributed by atoms with Crippen LogP contribution in [0.4, 0.5) is 0 Å². The van der Waals surface area contributed by atoms with E-state index < -0.39 is 9.05 Å². The molecule has 0 atom stereocenters. The van der Waals surface area contributed by atoms with Crippen LogP contribution in [0.2, 0.25) is 0 Å². The standard InChI is InChI=1S/C14H22ClNO3S2/c1-3-5-11(6-4-2)14(17)16-10-9-12-7-8-13(20-12)21(15,18)19/h7-8,11H,3-6,9-10H2,1-2H3,(H,16,17). The van der Waals surface area contributed by atoms with Crippen molar-refractivity contribution in [3.05, 3.63) is 17.0 Å². The van der Waals surface area contributed by atoms with Gasteiger partial charge in [-0.25, -0.2) is 8.42 Å². The van der Waals surface area contributed by atoms with Gasteiger partial charge in [0.2, 0.25) is 5.91 Å². The molecule has 120 valence electrons. The first-order valence-electron chi connectivity index (χ1n) is 7.19. The Morgan fingerprint density at radius 2 is 1.90 bits per heavy atom. The van der Waals surface area contributed by atoms with E-state index in [1.807, 2.05) is 0 Å². The van der Waals surface area contributed by atoms with Crippen LogP contribution >= 0.6 is 22.0 Å². The summed E-state index contributed by atoms with van der Waals surface area (Å²) in [6, 6.07) is 3.24. The molecule has 1 aromatic rings. The molecule has 0 spiro atoms. The van der Waals surface area contributed by atoms with E-state index in [-0.39, 0.29) is 16.0 Å². The molecule has 0 aliphatic carbocycles. The molecular weight excluding hydrogens is 330 g/mol. The molecule has 0 aliphatic heterocycles. The Morgan fingerprint density at radius 1 is 1.29 bits per heavy atom. The zero-order chi connectivity index (χ0) is 15.9. The van der Waals surface area contributed by atoms with Crippen molar-refractivity contribution in [2.45, 2.75) is 50.2 Å². The monoisotopic (exact) mass is 351 g/mol. The quantitative estimate of drug-likeness (QED) is 0.692. The van der Waals surface area contributed by atoms with Gasteiger partial charge >= 0.3 is 0 Å². The third-order valence-corrected chi connectivity index (χ3v) is 6.43. The molecule has 0 fully saturated rings. The van der Waals surface area contributed by atoms with E-state index in [0.29, 0.717) is 13.0 Å². The zero-order valence-corrected chi connectivity index (χ0v) is 14.8. The number of hydrogen-bond donors (Lipinski definition) is 1. The Morgan fingerprint density at radius 3 is 2.38 bits per heavy atom. The molecule has 4 nitrogen and oxygen atoms in total. The van der Waals surface area contributed by atoms with Crippen LogP contribution in [0, 0.1) is 5.92 Å². The van der Waals surface area contributed by atoms with Gasteiger partial charge in [0, 0.05) is 28.0 Å². The fourth-order valence-electron chi connectivity index (χ4n) is 2.18. The van der Waals surface area contributed by atoms with E-state index in [1.54, 1.807) is 6.07 Å². The van der Waals surface area contributed by atoms with Gasteiger partial charge in [0.05, 0.1) is 0 Å². The maximum Gasteiger partial charge on any atom is 0.270 e. The van der Waals surface area contributed by atoms with Crippen molar-refractivity contribution in [2.24, 2.45) is 5.92 Å². The van der Waals surface area contributed by atoms with Gasteiger partial charge in [-0.3, -0.25) is 4.79 Å². The first-order chi connectivity index (χ1) is 9.88. The lowest BCUT2D eigenvalue weighted by atomic mass is 9.97. The molecule has 1 heterocycles. The summed E-state index contributed by atoms with van der Waals surface area (Å²) in [5.74, 6) is 0.183. The van der Waals surface area contributed by atoms with E-state index in [9.17, 15) is 13.2 Å². The highest BCUT2D eigenvalue weighted by molar-refractivity contribution is 8.15. The van der Waals surface area contributed by atoms with Gasteiger partial charge in [-0.2, -0.15) is 0 Å². The molecule has 0 radical (unpaired) electrons. The minimum absolute atomic E-state index is 0.0853. The maximum atomic E-state index is 12.1. The molecule has 0 aromatic carbocycles. The average molecular weight is 352 g/mol. The van der Waals surface area contributed by atoms with Crippen LogP contribution in [0.25, 0.3) is 0 Å². The summed E-state index contributed by atoms with van der Waals surface area (Å²) in [6.07, 6.45) is 4.44. The number of amides is 1. The summed E-state index contributed by atoms with van der Waals surface area (Å²) in [5.41, 5.74) is 0. The van der Waals surface area contributed by atoms with Crippen molar-refractivity contribution in [1.82, 2.24) is 5.32 Å². The van der Waals surface area contributed by atoms with Crippen LogP contribution < -0.4 is 5.32 Å². The number of thiophene rings is 1. The summed E-state index contributed by atoms with van der Waals surface area (Å²) in [4.78, 5) is 13.0. The summed E-state index contributed by atoms with van der Waals surface area (Å²) < 4.78 is 22.5. The molecule has 1 amide bonds. The van der Waals surface area contributed by atoms with Crippen molar-refractivity contribution in [3.63, 3.8) is 0 Å². The molecule has 0 saturated heterocycles. The highest BCUT2D eigenvalue weighted by Gasteiger charge is 2.16. The lowest BCUT2D eigenvalue weighted by molar-refractivity contribution is -0.125. The second-order valence-electron chi connectivity index (χ2n) is 4.97. The highest BCUT2D eigenvalue weighted by atomic mass is 35.7. The second kappa shape index (κ2) is 8.76. The van der Waals surface area contributed by atoms with E-state index >= 15 is 0 Å². The van der Waals surface area contributed by atoms with Crippen LogP contribution in [0.1, 0.15) is 44.4 Å². The summed E-state index contributed by atoms with van der Waals surface area (Å²) in [6.45, 7) is 4.68. The average Bonchev–Trinajstić information content (AvgIpc) is 2.87. The molecule has 0 aliphatic rings. The SMILES string of the molecule is CCCC(CCC)C(=O)NCCc1ccc(S(=O)(=O)Cl)s1. The third-order valence-electron chi connectivity index (χ3n) is 3.19. The van der Waals surface area contributed by atoms with Crippen molar-refractivity contribution < 1.29 is 13.2 Å². The Hall–Kier alpha value is -0.590. The Balaban J connectivity index is 2.45. The lowest BCUT2D eigenvalue weighted by Gasteiger charge is -2.14. The van der Waals surface area contributed by atoms with Crippen molar-refractivity contribution in [2.75, 3.05) is 6.54 Å². The van der Waals surface area contributed by atoms with Gasteiger partial charge in [0.15, 0.2) is 0 Å². The van der Waals surface area contributed by atoms with Gasteiger partial charge in [-0.15, -0.1) is 11.3 Å². The minimum atomic E-state index is -3.65. The predicted octanol–water partition coefficient (Wildman–Crippen LogP) is 3.55. The normalized spacial score (nSPS) is 11.8. The fraction of sp³-hybridized carbons (Fsp3) is 0.643. The number of hydrogen-bond acceptors (Lipinski definition) is 4. The maximum absolute atomic E-state index is 12.1. The van der Waals surface area contributed by atoms with Crippen LogP contribution in [-0.4, -0.2) is 20.9 Å². The Bertz CT molecular complexity index is 548. The smallest absolute Gasteiger partial charge is 0.270 e.